The maximum atomic E-state index is 8.73. The molecule has 84 valence electrons. The summed E-state index contributed by atoms with van der Waals surface area (Å²) in [6.45, 7) is 2.43. The third-order valence-corrected chi connectivity index (χ3v) is 3.08. The molecular formula is C14H17NO. The molecule has 1 aromatic rings. The Morgan fingerprint density at radius 2 is 2.31 bits per heavy atom. The molecule has 0 N–H and O–H groups in total. The van der Waals surface area contributed by atoms with Gasteiger partial charge in [-0.25, -0.2) is 0 Å². The predicted octanol–water partition coefficient (Wildman–Crippen LogP) is 3.24. The molecule has 0 bridgehead atoms. The fourth-order valence-electron chi connectivity index (χ4n) is 2.18. The van der Waals surface area contributed by atoms with Gasteiger partial charge in [0.05, 0.1) is 24.7 Å². The van der Waals surface area contributed by atoms with E-state index in [2.05, 4.69) is 30.3 Å². The molecule has 0 aliphatic heterocycles. The van der Waals surface area contributed by atoms with Crippen molar-refractivity contribution in [1.29, 1.82) is 5.26 Å². The van der Waals surface area contributed by atoms with Gasteiger partial charge in [-0.2, -0.15) is 5.26 Å². The molecule has 2 nitrogen and oxygen atoms in total. The van der Waals surface area contributed by atoms with Gasteiger partial charge in [-0.05, 0) is 37.3 Å². The molecule has 0 fully saturated rings. The van der Waals surface area contributed by atoms with E-state index in [1.54, 1.807) is 0 Å². The Bertz CT molecular complexity index is 394. The second-order valence-corrected chi connectivity index (χ2v) is 4.44. The van der Waals surface area contributed by atoms with Crippen LogP contribution in [0.4, 0.5) is 0 Å². The van der Waals surface area contributed by atoms with Crippen LogP contribution in [0.15, 0.2) is 24.3 Å². The van der Waals surface area contributed by atoms with Gasteiger partial charge in [0, 0.05) is 0 Å². The second-order valence-electron chi connectivity index (χ2n) is 4.44. The first-order chi connectivity index (χ1) is 7.81. The van der Waals surface area contributed by atoms with E-state index in [0.717, 1.165) is 12.8 Å². The Labute approximate surface area is 96.9 Å². The fourth-order valence-corrected chi connectivity index (χ4v) is 2.18. The van der Waals surface area contributed by atoms with Crippen LogP contribution in [0.3, 0.4) is 0 Å². The minimum absolute atomic E-state index is 0.0194. The Morgan fingerprint density at radius 3 is 3.12 bits per heavy atom. The lowest BCUT2D eigenvalue weighted by atomic mass is 9.89. The van der Waals surface area contributed by atoms with Crippen LogP contribution in [0.5, 0.6) is 0 Å². The highest BCUT2D eigenvalue weighted by Gasteiger charge is 2.20. The first-order valence-corrected chi connectivity index (χ1v) is 5.90. The van der Waals surface area contributed by atoms with Crippen molar-refractivity contribution in [3.8, 4) is 6.07 Å². The number of nitrogens with zero attached hydrogens (tertiary/aromatic N) is 1. The van der Waals surface area contributed by atoms with E-state index in [4.69, 9.17) is 10.00 Å². The average molecular weight is 215 g/mol. The molecule has 0 amide bonds. The summed E-state index contributed by atoms with van der Waals surface area (Å²) < 4.78 is 5.84. The maximum absolute atomic E-state index is 8.73. The molecule has 2 heteroatoms. The minimum atomic E-state index is -0.0194. The highest BCUT2D eigenvalue weighted by molar-refractivity contribution is 5.31. The van der Waals surface area contributed by atoms with Crippen molar-refractivity contribution < 1.29 is 4.74 Å². The molecule has 2 rings (SSSR count). The molecule has 2 atom stereocenters. The lowest BCUT2D eigenvalue weighted by Gasteiger charge is -2.26. The standard InChI is InChI=1S/C14H17NO/c1-11(9-15)10-16-14-8-4-6-12-5-2-3-7-13(12)14/h2-3,5,7,11,14H,4,6,8,10H2,1H3. The summed E-state index contributed by atoms with van der Waals surface area (Å²) in [4.78, 5) is 0. The van der Waals surface area contributed by atoms with E-state index >= 15 is 0 Å². The molecule has 0 spiro atoms. The Morgan fingerprint density at radius 1 is 1.50 bits per heavy atom. The number of hydrogen-bond donors (Lipinski definition) is 0. The Kier molecular flexibility index (Phi) is 3.58. The largest absolute Gasteiger partial charge is 0.372 e. The van der Waals surface area contributed by atoms with Gasteiger partial charge < -0.3 is 4.74 Å². The molecule has 1 aromatic carbocycles. The van der Waals surface area contributed by atoms with Crippen LogP contribution < -0.4 is 0 Å². The van der Waals surface area contributed by atoms with E-state index < -0.39 is 0 Å². The highest BCUT2D eigenvalue weighted by Crippen LogP contribution is 2.32. The molecule has 0 heterocycles. The van der Waals surface area contributed by atoms with Crippen molar-refractivity contribution in [3.63, 3.8) is 0 Å². The van der Waals surface area contributed by atoms with Gasteiger partial charge in [0.25, 0.3) is 0 Å². The van der Waals surface area contributed by atoms with E-state index in [9.17, 15) is 0 Å². The molecule has 0 radical (unpaired) electrons. The Hall–Kier alpha value is -1.33. The maximum Gasteiger partial charge on any atom is 0.0828 e. The third-order valence-electron chi connectivity index (χ3n) is 3.08. The molecule has 2 unspecified atom stereocenters. The van der Waals surface area contributed by atoms with E-state index in [0.29, 0.717) is 6.61 Å². The first kappa shape index (κ1) is 11.2. The van der Waals surface area contributed by atoms with Crippen LogP contribution in [-0.4, -0.2) is 6.61 Å². The van der Waals surface area contributed by atoms with E-state index in [-0.39, 0.29) is 12.0 Å². The van der Waals surface area contributed by atoms with Crippen molar-refractivity contribution in [1.82, 2.24) is 0 Å². The van der Waals surface area contributed by atoms with Crippen LogP contribution in [0.1, 0.15) is 37.0 Å². The normalized spacial score (nSPS) is 20.9. The second kappa shape index (κ2) is 5.14. The number of nitriles is 1. The van der Waals surface area contributed by atoms with E-state index in [1.807, 2.05) is 6.92 Å². The minimum Gasteiger partial charge on any atom is -0.372 e. The van der Waals surface area contributed by atoms with Crippen molar-refractivity contribution in [2.75, 3.05) is 6.61 Å². The monoisotopic (exact) mass is 215 g/mol. The summed E-state index contributed by atoms with van der Waals surface area (Å²) in [7, 11) is 0. The number of benzene rings is 1. The smallest absolute Gasteiger partial charge is 0.0828 e. The van der Waals surface area contributed by atoms with Gasteiger partial charge in [-0.1, -0.05) is 24.3 Å². The molecule has 0 saturated heterocycles. The van der Waals surface area contributed by atoms with Crippen molar-refractivity contribution in [3.05, 3.63) is 35.4 Å². The van der Waals surface area contributed by atoms with E-state index in [1.165, 1.54) is 17.5 Å². The highest BCUT2D eigenvalue weighted by atomic mass is 16.5. The molecule has 16 heavy (non-hydrogen) atoms. The summed E-state index contributed by atoms with van der Waals surface area (Å²) in [5.74, 6) is -0.0194. The summed E-state index contributed by atoms with van der Waals surface area (Å²) in [6.07, 6.45) is 3.61. The number of hydrogen-bond acceptors (Lipinski definition) is 2. The average Bonchev–Trinajstić information content (AvgIpc) is 2.35. The van der Waals surface area contributed by atoms with Gasteiger partial charge in [0.1, 0.15) is 0 Å². The summed E-state index contributed by atoms with van der Waals surface area (Å²) >= 11 is 0. The van der Waals surface area contributed by atoms with Crippen LogP contribution in [0.2, 0.25) is 0 Å². The van der Waals surface area contributed by atoms with Crippen LogP contribution in [0.25, 0.3) is 0 Å². The number of rotatable bonds is 3. The molecule has 1 aliphatic rings. The van der Waals surface area contributed by atoms with Crippen molar-refractivity contribution in [2.45, 2.75) is 32.3 Å². The van der Waals surface area contributed by atoms with Gasteiger partial charge in [-0.3, -0.25) is 0 Å². The van der Waals surface area contributed by atoms with Gasteiger partial charge in [0.15, 0.2) is 0 Å². The lowest BCUT2D eigenvalue weighted by molar-refractivity contribution is 0.0300. The molecule has 0 saturated carbocycles. The number of fused-ring (bicyclic) bond motifs is 1. The molecular weight excluding hydrogens is 198 g/mol. The molecule has 0 aromatic heterocycles. The Balaban J connectivity index is 2.05. The lowest BCUT2D eigenvalue weighted by Crippen LogP contribution is -2.15. The van der Waals surface area contributed by atoms with Crippen molar-refractivity contribution >= 4 is 0 Å². The van der Waals surface area contributed by atoms with Gasteiger partial charge in [-0.15, -0.1) is 0 Å². The fraction of sp³-hybridized carbons (Fsp3) is 0.500. The summed E-state index contributed by atoms with van der Waals surface area (Å²) in [6, 6.07) is 10.7. The first-order valence-electron chi connectivity index (χ1n) is 5.90. The number of ether oxygens (including phenoxy) is 1. The SMILES string of the molecule is CC(C#N)COC1CCCc2ccccc21. The van der Waals surface area contributed by atoms with Crippen LogP contribution >= 0.6 is 0 Å². The number of aryl methyl sites for hydroxylation is 1. The summed E-state index contributed by atoms with van der Waals surface area (Å²) in [5, 5.41) is 8.73. The van der Waals surface area contributed by atoms with Crippen LogP contribution in [-0.2, 0) is 11.2 Å². The quantitative estimate of drug-likeness (QED) is 0.775. The topological polar surface area (TPSA) is 33.0 Å². The van der Waals surface area contributed by atoms with Gasteiger partial charge >= 0.3 is 0 Å². The summed E-state index contributed by atoms with van der Waals surface area (Å²) in [5.41, 5.74) is 2.72. The van der Waals surface area contributed by atoms with Crippen molar-refractivity contribution in [2.24, 2.45) is 5.92 Å². The van der Waals surface area contributed by atoms with Gasteiger partial charge in [0.2, 0.25) is 0 Å². The predicted molar refractivity (Wildman–Crippen MR) is 62.9 cm³/mol. The third kappa shape index (κ3) is 2.43. The molecule has 1 aliphatic carbocycles. The zero-order chi connectivity index (χ0) is 11.4. The zero-order valence-corrected chi connectivity index (χ0v) is 9.65. The zero-order valence-electron chi connectivity index (χ0n) is 9.65. The van der Waals surface area contributed by atoms with Crippen LogP contribution in [0, 0.1) is 17.2 Å².